The summed E-state index contributed by atoms with van der Waals surface area (Å²) in [5, 5.41) is 2.92. The van der Waals surface area contributed by atoms with Crippen molar-refractivity contribution < 1.29 is 22.7 Å². The van der Waals surface area contributed by atoms with Crippen LogP contribution < -0.4 is 16.6 Å². The third kappa shape index (κ3) is 3.54. The van der Waals surface area contributed by atoms with Gasteiger partial charge >= 0.3 is 17.9 Å². The SMILES string of the molecule is Cc1c(CN2CCNC2=O)sc2c1c(=O)n(C1COC1)c(=O)n2CCC(F)(F)F. The number of thiophene rings is 1. The van der Waals surface area contributed by atoms with E-state index in [9.17, 15) is 27.6 Å². The van der Waals surface area contributed by atoms with Gasteiger partial charge in [-0.05, 0) is 12.5 Å². The molecule has 8 nitrogen and oxygen atoms in total. The van der Waals surface area contributed by atoms with Gasteiger partial charge in [0.1, 0.15) is 4.83 Å². The van der Waals surface area contributed by atoms with E-state index in [1.54, 1.807) is 11.8 Å². The molecule has 0 aromatic carbocycles. The van der Waals surface area contributed by atoms with Crippen molar-refractivity contribution in [2.45, 2.75) is 38.7 Å². The second-order valence-corrected chi connectivity index (χ2v) is 8.23. The molecule has 0 bridgehead atoms. The molecule has 2 aromatic rings. The van der Waals surface area contributed by atoms with E-state index >= 15 is 0 Å². The number of amides is 2. The summed E-state index contributed by atoms with van der Waals surface area (Å²) in [5.41, 5.74) is -0.691. The van der Waals surface area contributed by atoms with Crippen LogP contribution in [0.3, 0.4) is 0 Å². The first-order chi connectivity index (χ1) is 13.7. The lowest BCUT2D eigenvalue weighted by Gasteiger charge is -2.28. The van der Waals surface area contributed by atoms with Crippen LogP contribution in [-0.4, -0.2) is 52.5 Å². The number of carbonyl (C=O) groups is 1. The molecule has 4 rings (SSSR count). The number of carbonyl (C=O) groups excluding carboxylic acids is 1. The molecule has 1 N–H and O–H groups in total. The van der Waals surface area contributed by atoms with Crippen LogP contribution in [0.15, 0.2) is 9.59 Å². The average molecular weight is 432 g/mol. The molecule has 2 aliphatic rings. The van der Waals surface area contributed by atoms with Gasteiger partial charge in [0, 0.05) is 24.5 Å². The van der Waals surface area contributed by atoms with Crippen molar-refractivity contribution in [2.24, 2.45) is 0 Å². The molecule has 0 spiro atoms. The first-order valence-corrected chi connectivity index (χ1v) is 9.93. The Labute approximate surface area is 166 Å². The summed E-state index contributed by atoms with van der Waals surface area (Å²) in [6.45, 7) is 2.70. The quantitative estimate of drug-likeness (QED) is 0.778. The van der Waals surface area contributed by atoms with Crippen LogP contribution in [0.1, 0.15) is 22.9 Å². The largest absolute Gasteiger partial charge is 0.390 e. The van der Waals surface area contributed by atoms with Crippen LogP contribution in [0, 0.1) is 6.92 Å². The smallest absolute Gasteiger partial charge is 0.377 e. The van der Waals surface area contributed by atoms with Crippen molar-refractivity contribution in [1.29, 1.82) is 0 Å². The van der Waals surface area contributed by atoms with Gasteiger partial charge in [-0.1, -0.05) is 0 Å². The maximum absolute atomic E-state index is 13.1. The van der Waals surface area contributed by atoms with Gasteiger partial charge in [0.15, 0.2) is 0 Å². The first kappa shape index (κ1) is 20.0. The van der Waals surface area contributed by atoms with E-state index < -0.39 is 36.4 Å². The normalized spacial score (nSPS) is 17.8. The molecule has 2 aromatic heterocycles. The lowest BCUT2D eigenvalue weighted by molar-refractivity contribution is -0.136. The molecule has 2 fully saturated rings. The topological polar surface area (TPSA) is 85.6 Å². The molecular weight excluding hydrogens is 413 g/mol. The Morgan fingerprint density at radius 1 is 1.24 bits per heavy atom. The summed E-state index contributed by atoms with van der Waals surface area (Å²) in [6.07, 6.45) is -5.61. The lowest BCUT2D eigenvalue weighted by atomic mass is 10.2. The lowest BCUT2D eigenvalue weighted by Crippen LogP contribution is -2.48. The number of ether oxygens (including phenoxy) is 1. The summed E-state index contributed by atoms with van der Waals surface area (Å²) < 4.78 is 45.6. The Balaban J connectivity index is 1.86. The van der Waals surface area contributed by atoms with E-state index in [1.807, 2.05) is 0 Å². The molecule has 0 radical (unpaired) electrons. The van der Waals surface area contributed by atoms with Gasteiger partial charge < -0.3 is 15.0 Å². The van der Waals surface area contributed by atoms with Gasteiger partial charge in [0.05, 0.1) is 37.6 Å². The van der Waals surface area contributed by atoms with Gasteiger partial charge in [0.2, 0.25) is 0 Å². The van der Waals surface area contributed by atoms with E-state index in [0.29, 0.717) is 23.5 Å². The number of nitrogens with zero attached hydrogens (tertiary/aromatic N) is 3. The second kappa shape index (κ2) is 7.17. The van der Waals surface area contributed by atoms with Gasteiger partial charge in [-0.2, -0.15) is 13.2 Å². The van der Waals surface area contributed by atoms with E-state index in [2.05, 4.69) is 5.32 Å². The van der Waals surface area contributed by atoms with Crippen molar-refractivity contribution in [1.82, 2.24) is 19.4 Å². The predicted octanol–water partition coefficient (Wildman–Crippen LogP) is 1.58. The molecule has 2 saturated heterocycles. The fourth-order valence-corrected chi connectivity index (χ4v) is 4.86. The molecule has 0 saturated carbocycles. The van der Waals surface area contributed by atoms with Gasteiger partial charge in [0.25, 0.3) is 5.56 Å². The summed E-state index contributed by atoms with van der Waals surface area (Å²) in [5.74, 6) is 0. The second-order valence-electron chi connectivity index (χ2n) is 7.15. The number of urea groups is 1. The molecule has 158 valence electrons. The maximum Gasteiger partial charge on any atom is 0.390 e. The zero-order valence-corrected chi connectivity index (χ0v) is 16.4. The number of halogens is 3. The summed E-state index contributed by atoms with van der Waals surface area (Å²) in [7, 11) is 0. The summed E-state index contributed by atoms with van der Waals surface area (Å²) >= 11 is 1.09. The molecule has 2 aliphatic heterocycles. The molecule has 12 heteroatoms. The summed E-state index contributed by atoms with van der Waals surface area (Å²) in [6, 6.07) is -0.719. The third-order valence-electron chi connectivity index (χ3n) is 5.23. The number of rotatable bonds is 5. The number of fused-ring (bicyclic) bond motifs is 1. The number of aryl methyl sites for hydroxylation is 2. The number of hydrogen-bond donors (Lipinski definition) is 1. The van der Waals surface area contributed by atoms with E-state index in [0.717, 1.165) is 20.5 Å². The molecule has 0 unspecified atom stereocenters. The highest BCUT2D eigenvalue weighted by Crippen LogP contribution is 2.31. The Morgan fingerprint density at radius 3 is 2.52 bits per heavy atom. The van der Waals surface area contributed by atoms with E-state index in [4.69, 9.17) is 4.74 Å². The van der Waals surface area contributed by atoms with Crippen molar-refractivity contribution in [2.75, 3.05) is 26.3 Å². The molecule has 2 amide bonds. The highest BCUT2D eigenvalue weighted by atomic mass is 32.1. The average Bonchev–Trinajstić information content (AvgIpc) is 3.13. The Morgan fingerprint density at radius 2 is 1.97 bits per heavy atom. The standard InChI is InChI=1S/C17H19F3N4O4S/c1-9-11(6-22-5-3-21-15(22)26)29-14-12(9)13(25)24(10-7-28-8-10)16(27)23(14)4-2-17(18,19)20/h10H,2-8H2,1H3,(H,21,26). The van der Waals surface area contributed by atoms with Gasteiger partial charge in [-0.25, -0.2) is 9.59 Å². The minimum absolute atomic E-state index is 0.171. The van der Waals surface area contributed by atoms with Gasteiger partial charge in [-0.15, -0.1) is 11.3 Å². The highest BCUT2D eigenvalue weighted by molar-refractivity contribution is 7.18. The Kier molecular flexibility index (Phi) is 4.93. The summed E-state index contributed by atoms with van der Waals surface area (Å²) in [4.78, 5) is 40.3. The zero-order valence-electron chi connectivity index (χ0n) is 15.5. The number of alkyl halides is 3. The Bertz CT molecular complexity index is 1080. The van der Waals surface area contributed by atoms with Crippen LogP contribution in [0.4, 0.5) is 18.0 Å². The predicted molar refractivity (Wildman–Crippen MR) is 99.4 cm³/mol. The number of aromatic nitrogens is 2. The van der Waals surface area contributed by atoms with E-state index in [1.165, 1.54) is 0 Å². The van der Waals surface area contributed by atoms with Crippen molar-refractivity contribution >= 4 is 27.6 Å². The van der Waals surface area contributed by atoms with Crippen LogP contribution in [0.5, 0.6) is 0 Å². The molecule has 29 heavy (non-hydrogen) atoms. The molecule has 4 heterocycles. The van der Waals surface area contributed by atoms with Gasteiger partial charge in [-0.3, -0.25) is 13.9 Å². The van der Waals surface area contributed by atoms with Crippen LogP contribution in [-0.2, 0) is 17.8 Å². The van der Waals surface area contributed by atoms with Crippen molar-refractivity contribution in [3.63, 3.8) is 0 Å². The van der Waals surface area contributed by atoms with Crippen molar-refractivity contribution in [3.05, 3.63) is 31.3 Å². The molecular formula is C17H19F3N4O4S. The Hall–Kier alpha value is -2.34. The van der Waals surface area contributed by atoms with Crippen LogP contribution in [0.25, 0.3) is 10.2 Å². The monoisotopic (exact) mass is 432 g/mol. The molecule has 0 aliphatic carbocycles. The van der Waals surface area contributed by atoms with E-state index in [-0.39, 0.29) is 36.0 Å². The minimum atomic E-state index is -4.44. The zero-order chi connectivity index (χ0) is 20.9. The minimum Gasteiger partial charge on any atom is -0.377 e. The number of nitrogens with one attached hydrogen (secondary N) is 1. The highest BCUT2D eigenvalue weighted by Gasteiger charge is 2.32. The fourth-order valence-electron chi connectivity index (χ4n) is 3.53. The van der Waals surface area contributed by atoms with Crippen molar-refractivity contribution in [3.8, 4) is 0 Å². The first-order valence-electron chi connectivity index (χ1n) is 9.12. The molecule has 0 atom stereocenters. The van der Waals surface area contributed by atoms with Crippen LogP contribution >= 0.6 is 11.3 Å². The maximum atomic E-state index is 13.1. The third-order valence-corrected chi connectivity index (χ3v) is 6.53. The fraction of sp³-hybridized carbons (Fsp3) is 0.588. The van der Waals surface area contributed by atoms with Crippen LogP contribution in [0.2, 0.25) is 0 Å². The number of hydrogen-bond acceptors (Lipinski definition) is 5.